The SMILES string of the molecule is CCCCOCCCNC(=NC)NCc1ccc(N2CCSCC2)cc1. The fraction of sp³-hybridized carbons (Fsp3) is 0.650. The minimum absolute atomic E-state index is 0.781. The summed E-state index contributed by atoms with van der Waals surface area (Å²) in [6.45, 7) is 7.82. The van der Waals surface area contributed by atoms with Crippen LogP contribution in [0.3, 0.4) is 0 Å². The van der Waals surface area contributed by atoms with Crippen molar-refractivity contribution in [3.63, 3.8) is 0 Å². The maximum absolute atomic E-state index is 5.57. The number of aliphatic imine (C=N–C) groups is 1. The summed E-state index contributed by atoms with van der Waals surface area (Å²) >= 11 is 2.04. The zero-order valence-electron chi connectivity index (χ0n) is 16.3. The third kappa shape index (κ3) is 7.87. The topological polar surface area (TPSA) is 48.9 Å². The molecule has 0 unspecified atom stereocenters. The first kappa shape index (κ1) is 20.9. The van der Waals surface area contributed by atoms with Gasteiger partial charge in [0, 0.05) is 63.6 Å². The van der Waals surface area contributed by atoms with Gasteiger partial charge < -0.3 is 20.3 Å². The van der Waals surface area contributed by atoms with Crippen LogP contribution in [0.5, 0.6) is 0 Å². The molecule has 0 spiro atoms. The molecule has 2 rings (SSSR count). The van der Waals surface area contributed by atoms with E-state index < -0.39 is 0 Å². The third-order valence-corrected chi connectivity index (χ3v) is 5.34. The molecule has 1 heterocycles. The molecular weight excluding hydrogens is 344 g/mol. The first-order valence-electron chi connectivity index (χ1n) is 9.77. The van der Waals surface area contributed by atoms with Crippen molar-refractivity contribution in [1.82, 2.24) is 10.6 Å². The number of hydrogen-bond donors (Lipinski definition) is 2. The van der Waals surface area contributed by atoms with Crippen LogP contribution < -0.4 is 15.5 Å². The van der Waals surface area contributed by atoms with Gasteiger partial charge >= 0.3 is 0 Å². The summed E-state index contributed by atoms with van der Waals surface area (Å²) in [5.41, 5.74) is 2.60. The number of guanidine groups is 1. The molecule has 0 bridgehead atoms. The molecule has 1 fully saturated rings. The highest BCUT2D eigenvalue weighted by molar-refractivity contribution is 7.99. The molecule has 26 heavy (non-hydrogen) atoms. The second-order valence-corrected chi connectivity index (χ2v) is 7.66. The third-order valence-electron chi connectivity index (χ3n) is 4.40. The van der Waals surface area contributed by atoms with Gasteiger partial charge in [0.05, 0.1) is 0 Å². The summed E-state index contributed by atoms with van der Waals surface area (Å²) in [7, 11) is 1.81. The maximum atomic E-state index is 5.57. The number of nitrogens with one attached hydrogen (secondary N) is 2. The van der Waals surface area contributed by atoms with Crippen molar-refractivity contribution >= 4 is 23.4 Å². The van der Waals surface area contributed by atoms with Gasteiger partial charge in [-0.2, -0.15) is 11.8 Å². The zero-order chi connectivity index (χ0) is 18.5. The monoisotopic (exact) mass is 378 g/mol. The molecule has 1 aliphatic heterocycles. The van der Waals surface area contributed by atoms with E-state index in [9.17, 15) is 0 Å². The van der Waals surface area contributed by atoms with Gasteiger partial charge in [-0.3, -0.25) is 4.99 Å². The van der Waals surface area contributed by atoms with E-state index in [2.05, 4.69) is 51.7 Å². The first-order chi connectivity index (χ1) is 12.8. The number of hydrogen-bond acceptors (Lipinski definition) is 4. The van der Waals surface area contributed by atoms with Gasteiger partial charge in [-0.25, -0.2) is 0 Å². The largest absolute Gasteiger partial charge is 0.381 e. The number of anilines is 1. The molecule has 0 atom stereocenters. The minimum Gasteiger partial charge on any atom is -0.381 e. The lowest BCUT2D eigenvalue weighted by atomic mass is 10.2. The smallest absolute Gasteiger partial charge is 0.191 e. The van der Waals surface area contributed by atoms with Gasteiger partial charge in [0.15, 0.2) is 5.96 Å². The molecule has 6 heteroatoms. The van der Waals surface area contributed by atoms with E-state index in [0.717, 1.165) is 58.2 Å². The Labute approximate surface area is 163 Å². The van der Waals surface area contributed by atoms with Crippen molar-refractivity contribution < 1.29 is 4.74 Å². The van der Waals surface area contributed by atoms with Crippen LogP contribution in [-0.4, -0.2) is 57.4 Å². The lowest BCUT2D eigenvalue weighted by molar-refractivity contribution is 0.129. The van der Waals surface area contributed by atoms with Crippen LogP contribution in [0.25, 0.3) is 0 Å². The molecular formula is C20H34N4OS. The van der Waals surface area contributed by atoms with Crippen LogP contribution in [-0.2, 0) is 11.3 Å². The number of unbranched alkanes of at least 4 members (excludes halogenated alkanes) is 1. The Morgan fingerprint density at radius 1 is 1.12 bits per heavy atom. The summed E-state index contributed by atoms with van der Waals surface area (Å²) in [6, 6.07) is 8.88. The van der Waals surface area contributed by atoms with Crippen molar-refractivity contribution in [3.05, 3.63) is 29.8 Å². The highest BCUT2D eigenvalue weighted by Crippen LogP contribution is 2.19. The number of rotatable bonds is 10. The van der Waals surface area contributed by atoms with Crippen LogP contribution in [0.4, 0.5) is 5.69 Å². The fourth-order valence-corrected chi connectivity index (χ4v) is 3.69. The highest BCUT2D eigenvalue weighted by atomic mass is 32.2. The first-order valence-corrected chi connectivity index (χ1v) is 10.9. The quantitative estimate of drug-likeness (QED) is 0.372. The fourth-order valence-electron chi connectivity index (χ4n) is 2.78. The molecule has 0 aliphatic carbocycles. The summed E-state index contributed by atoms with van der Waals surface area (Å²) in [5, 5.41) is 6.72. The standard InChI is InChI=1S/C20H34N4OS/c1-3-4-13-25-14-5-10-22-20(21-2)23-17-18-6-8-19(9-7-18)24-11-15-26-16-12-24/h6-9H,3-5,10-17H2,1-2H3,(H2,21,22,23). The summed E-state index contributed by atoms with van der Waals surface area (Å²) in [4.78, 5) is 6.75. The highest BCUT2D eigenvalue weighted by Gasteiger charge is 2.10. The second kappa shape index (κ2) is 12.9. The summed E-state index contributed by atoms with van der Waals surface area (Å²) < 4.78 is 5.57. The molecule has 0 saturated carbocycles. The molecule has 5 nitrogen and oxygen atoms in total. The van der Waals surface area contributed by atoms with E-state index in [1.165, 1.54) is 29.2 Å². The van der Waals surface area contributed by atoms with Crippen LogP contribution in [0.2, 0.25) is 0 Å². The molecule has 1 aromatic rings. The number of thioether (sulfide) groups is 1. The van der Waals surface area contributed by atoms with Crippen molar-refractivity contribution in [1.29, 1.82) is 0 Å². The maximum Gasteiger partial charge on any atom is 0.191 e. The van der Waals surface area contributed by atoms with Crippen molar-refractivity contribution in [2.24, 2.45) is 4.99 Å². The van der Waals surface area contributed by atoms with E-state index in [4.69, 9.17) is 4.74 Å². The zero-order valence-corrected chi connectivity index (χ0v) is 17.1. The predicted molar refractivity (Wildman–Crippen MR) is 115 cm³/mol. The lowest BCUT2D eigenvalue weighted by Crippen LogP contribution is -2.37. The van der Waals surface area contributed by atoms with Gasteiger partial charge in [-0.05, 0) is 30.5 Å². The molecule has 1 aromatic carbocycles. The number of ether oxygens (including phenoxy) is 1. The predicted octanol–water partition coefficient (Wildman–Crippen LogP) is 3.11. The average molecular weight is 379 g/mol. The van der Waals surface area contributed by atoms with E-state index in [0.29, 0.717) is 0 Å². The number of benzene rings is 1. The van der Waals surface area contributed by atoms with E-state index in [1.807, 2.05) is 18.8 Å². The van der Waals surface area contributed by atoms with E-state index in [1.54, 1.807) is 0 Å². The van der Waals surface area contributed by atoms with E-state index in [-0.39, 0.29) is 0 Å². The summed E-state index contributed by atoms with van der Waals surface area (Å²) in [5.74, 6) is 3.31. The van der Waals surface area contributed by atoms with Crippen LogP contribution in [0, 0.1) is 0 Å². The molecule has 1 aliphatic rings. The number of nitrogens with zero attached hydrogens (tertiary/aromatic N) is 2. The Morgan fingerprint density at radius 3 is 2.54 bits per heavy atom. The summed E-state index contributed by atoms with van der Waals surface area (Å²) in [6.07, 6.45) is 3.33. The Kier molecular flexibility index (Phi) is 10.4. The Hall–Kier alpha value is -1.40. The van der Waals surface area contributed by atoms with Crippen LogP contribution in [0.1, 0.15) is 31.7 Å². The van der Waals surface area contributed by atoms with Gasteiger partial charge in [0.1, 0.15) is 0 Å². The molecule has 0 radical (unpaired) electrons. The molecule has 1 saturated heterocycles. The minimum atomic E-state index is 0.781. The Morgan fingerprint density at radius 2 is 1.85 bits per heavy atom. The van der Waals surface area contributed by atoms with Crippen LogP contribution >= 0.6 is 11.8 Å². The van der Waals surface area contributed by atoms with Gasteiger partial charge in [0.2, 0.25) is 0 Å². The molecule has 0 aromatic heterocycles. The van der Waals surface area contributed by atoms with Gasteiger partial charge in [-0.1, -0.05) is 25.5 Å². The van der Waals surface area contributed by atoms with Crippen molar-refractivity contribution in [2.45, 2.75) is 32.7 Å². The van der Waals surface area contributed by atoms with Crippen molar-refractivity contribution in [2.75, 3.05) is 56.3 Å². The molecule has 0 amide bonds. The Bertz CT molecular complexity index is 515. The van der Waals surface area contributed by atoms with Gasteiger partial charge in [0.25, 0.3) is 0 Å². The Balaban J connectivity index is 1.64. The van der Waals surface area contributed by atoms with Crippen LogP contribution in [0.15, 0.2) is 29.3 Å². The molecule has 2 N–H and O–H groups in total. The van der Waals surface area contributed by atoms with E-state index >= 15 is 0 Å². The van der Waals surface area contributed by atoms with Gasteiger partial charge in [-0.15, -0.1) is 0 Å². The molecule has 146 valence electrons. The normalized spacial score (nSPS) is 15.2. The average Bonchev–Trinajstić information content (AvgIpc) is 2.70. The van der Waals surface area contributed by atoms with Crippen molar-refractivity contribution in [3.8, 4) is 0 Å². The lowest BCUT2D eigenvalue weighted by Gasteiger charge is -2.28. The second-order valence-electron chi connectivity index (χ2n) is 6.44.